The maximum absolute atomic E-state index is 9.35. The van der Waals surface area contributed by atoms with Crippen molar-refractivity contribution in [2.75, 3.05) is 13.7 Å². The minimum absolute atomic E-state index is 0.0382. The Hall–Kier alpha value is -1.34. The number of hydrazone groups is 1. The number of aliphatic hydroxyl groups is 1. The number of aliphatic hydroxyl groups excluding tert-OH is 1. The van der Waals surface area contributed by atoms with E-state index in [4.69, 9.17) is 28.9 Å². The molecule has 1 aliphatic heterocycles. The lowest BCUT2D eigenvalue weighted by molar-refractivity contribution is 0.122. The van der Waals surface area contributed by atoms with Gasteiger partial charge in [-0.15, -0.1) is 0 Å². The first-order valence-electron chi connectivity index (χ1n) is 6.73. The van der Waals surface area contributed by atoms with Gasteiger partial charge in [-0.05, 0) is 19.9 Å². The van der Waals surface area contributed by atoms with Gasteiger partial charge in [0.05, 0.1) is 16.7 Å². The standard InChI is InChI=1S/C14H19Cl2N5O/c1-14(2,7-22)19-13-18-12(17)11(20-21(13)3)8-5-4-6-9(15)10(8)16/h4-6,13,19,22H,7H2,1-3H3,(H2,17,18). The van der Waals surface area contributed by atoms with E-state index in [0.29, 0.717) is 21.3 Å². The Morgan fingerprint density at radius 1 is 1.41 bits per heavy atom. The van der Waals surface area contributed by atoms with Crippen molar-refractivity contribution in [2.45, 2.75) is 25.7 Å². The molecule has 8 heteroatoms. The zero-order chi connectivity index (χ0) is 16.5. The zero-order valence-corrected chi connectivity index (χ0v) is 14.2. The fourth-order valence-corrected chi connectivity index (χ4v) is 2.33. The van der Waals surface area contributed by atoms with Crippen LogP contribution in [0.3, 0.4) is 0 Å². The number of hydrogen-bond acceptors (Lipinski definition) is 6. The van der Waals surface area contributed by atoms with Crippen LogP contribution in [0.1, 0.15) is 19.4 Å². The van der Waals surface area contributed by atoms with E-state index in [9.17, 15) is 5.11 Å². The van der Waals surface area contributed by atoms with Gasteiger partial charge < -0.3 is 10.8 Å². The molecule has 4 N–H and O–H groups in total. The maximum atomic E-state index is 9.35. The molecule has 0 saturated heterocycles. The van der Waals surface area contributed by atoms with Crippen molar-refractivity contribution in [1.29, 1.82) is 0 Å². The molecule has 1 unspecified atom stereocenters. The quantitative estimate of drug-likeness (QED) is 0.775. The first-order valence-corrected chi connectivity index (χ1v) is 7.49. The molecule has 1 atom stereocenters. The average molecular weight is 344 g/mol. The zero-order valence-electron chi connectivity index (χ0n) is 12.6. The van der Waals surface area contributed by atoms with E-state index in [1.54, 1.807) is 30.3 Å². The molecule has 22 heavy (non-hydrogen) atoms. The molecule has 0 saturated carbocycles. The summed E-state index contributed by atoms with van der Waals surface area (Å²) in [6.07, 6.45) is -0.469. The minimum atomic E-state index is -0.510. The number of nitrogens with one attached hydrogen (secondary N) is 1. The highest BCUT2D eigenvalue weighted by Crippen LogP contribution is 2.27. The number of aliphatic imine (C=N–C) groups is 1. The summed E-state index contributed by atoms with van der Waals surface area (Å²) >= 11 is 12.2. The third-order valence-corrected chi connectivity index (χ3v) is 4.06. The van der Waals surface area contributed by atoms with Crippen LogP contribution in [0.4, 0.5) is 0 Å². The molecular formula is C14H19Cl2N5O. The lowest BCUT2D eigenvalue weighted by Gasteiger charge is -2.34. The highest BCUT2D eigenvalue weighted by molar-refractivity contribution is 6.52. The molecule has 120 valence electrons. The molecule has 2 rings (SSSR count). The molecule has 0 aromatic heterocycles. The number of amidine groups is 1. The van der Waals surface area contributed by atoms with Crippen molar-refractivity contribution in [1.82, 2.24) is 10.3 Å². The van der Waals surface area contributed by atoms with E-state index in [0.717, 1.165) is 0 Å². The Morgan fingerprint density at radius 3 is 2.73 bits per heavy atom. The molecule has 0 fully saturated rings. The van der Waals surface area contributed by atoms with Crippen molar-refractivity contribution in [3.8, 4) is 0 Å². The highest BCUT2D eigenvalue weighted by Gasteiger charge is 2.28. The highest BCUT2D eigenvalue weighted by atomic mass is 35.5. The topological polar surface area (TPSA) is 86.2 Å². The molecule has 1 aromatic carbocycles. The Bertz CT molecular complexity index is 630. The lowest BCUT2D eigenvalue weighted by atomic mass is 10.1. The van der Waals surface area contributed by atoms with Crippen molar-refractivity contribution in [2.24, 2.45) is 15.8 Å². The van der Waals surface area contributed by atoms with Crippen LogP contribution in [-0.2, 0) is 0 Å². The van der Waals surface area contributed by atoms with Crippen LogP contribution in [-0.4, -0.2) is 47.1 Å². The molecular weight excluding hydrogens is 325 g/mol. The summed E-state index contributed by atoms with van der Waals surface area (Å²) < 4.78 is 0. The maximum Gasteiger partial charge on any atom is 0.193 e. The van der Waals surface area contributed by atoms with Crippen LogP contribution in [0.15, 0.2) is 28.3 Å². The van der Waals surface area contributed by atoms with E-state index in [2.05, 4.69) is 15.4 Å². The largest absolute Gasteiger partial charge is 0.394 e. The Kier molecular flexibility index (Phi) is 4.97. The third-order valence-electron chi connectivity index (χ3n) is 3.24. The molecule has 0 amide bonds. The Balaban J connectivity index is 2.31. The van der Waals surface area contributed by atoms with E-state index in [1.165, 1.54) is 0 Å². The second-order valence-electron chi connectivity index (χ2n) is 5.70. The van der Waals surface area contributed by atoms with Crippen LogP contribution in [0.5, 0.6) is 0 Å². The van der Waals surface area contributed by atoms with Gasteiger partial charge in [0.1, 0.15) is 5.71 Å². The minimum Gasteiger partial charge on any atom is -0.394 e. The Labute approximate surface area is 139 Å². The van der Waals surface area contributed by atoms with Crippen LogP contribution in [0, 0.1) is 0 Å². The number of nitrogens with zero attached hydrogens (tertiary/aromatic N) is 3. The first kappa shape index (κ1) is 17.0. The van der Waals surface area contributed by atoms with Crippen LogP contribution < -0.4 is 11.1 Å². The van der Waals surface area contributed by atoms with Crippen LogP contribution >= 0.6 is 23.2 Å². The number of benzene rings is 1. The van der Waals surface area contributed by atoms with Gasteiger partial charge in [-0.25, -0.2) is 4.99 Å². The van der Waals surface area contributed by atoms with Crippen molar-refractivity contribution >= 4 is 34.7 Å². The number of hydrogen-bond donors (Lipinski definition) is 3. The third kappa shape index (κ3) is 3.52. The van der Waals surface area contributed by atoms with E-state index < -0.39 is 11.8 Å². The summed E-state index contributed by atoms with van der Waals surface area (Å²) in [5.74, 6) is 0.258. The molecule has 1 aromatic rings. The molecule has 1 aliphatic rings. The number of rotatable bonds is 4. The molecule has 0 bridgehead atoms. The van der Waals surface area contributed by atoms with Gasteiger partial charge in [0, 0.05) is 18.2 Å². The molecule has 0 radical (unpaired) electrons. The fourth-order valence-electron chi connectivity index (χ4n) is 1.94. The summed E-state index contributed by atoms with van der Waals surface area (Å²) in [7, 11) is 1.76. The fraction of sp³-hybridized carbons (Fsp3) is 0.429. The first-order chi connectivity index (χ1) is 10.2. The summed E-state index contributed by atoms with van der Waals surface area (Å²) in [6.45, 7) is 3.68. The molecule has 0 aliphatic carbocycles. The van der Waals surface area contributed by atoms with E-state index >= 15 is 0 Å². The SMILES string of the molecule is CN1N=C(c2cccc(Cl)c2Cl)C(N)=NC1NC(C)(C)CO. The van der Waals surface area contributed by atoms with Gasteiger partial charge >= 0.3 is 0 Å². The molecule has 1 heterocycles. The second-order valence-corrected chi connectivity index (χ2v) is 6.48. The van der Waals surface area contributed by atoms with Gasteiger partial charge in [-0.3, -0.25) is 10.3 Å². The second kappa shape index (κ2) is 6.42. The van der Waals surface area contributed by atoms with Crippen LogP contribution in [0.25, 0.3) is 0 Å². The Morgan fingerprint density at radius 2 is 2.09 bits per heavy atom. The van der Waals surface area contributed by atoms with Crippen molar-refractivity contribution in [3.63, 3.8) is 0 Å². The smallest absolute Gasteiger partial charge is 0.193 e. The average Bonchev–Trinajstić information content (AvgIpc) is 2.45. The van der Waals surface area contributed by atoms with Gasteiger partial charge in [-0.2, -0.15) is 5.10 Å². The summed E-state index contributed by atoms with van der Waals surface area (Å²) in [5.41, 5.74) is 6.62. The predicted octanol–water partition coefficient (Wildman–Crippen LogP) is 1.64. The van der Waals surface area contributed by atoms with Gasteiger partial charge in [-0.1, -0.05) is 35.3 Å². The monoisotopic (exact) mass is 343 g/mol. The lowest BCUT2D eigenvalue weighted by Crippen LogP contribution is -2.55. The van der Waals surface area contributed by atoms with Gasteiger partial charge in [0.2, 0.25) is 0 Å². The van der Waals surface area contributed by atoms with Crippen molar-refractivity contribution < 1.29 is 5.11 Å². The summed E-state index contributed by atoms with van der Waals surface area (Å²) in [4.78, 5) is 4.39. The normalized spacial score (nSPS) is 19.0. The van der Waals surface area contributed by atoms with Gasteiger partial charge in [0.15, 0.2) is 12.1 Å². The summed E-state index contributed by atoms with van der Waals surface area (Å²) in [6, 6.07) is 5.26. The molecule has 6 nitrogen and oxygen atoms in total. The van der Waals surface area contributed by atoms with Crippen LogP contribution in [0.2, 0.25) is 10.0 Å². The van der Waals surface area contributed by atoms with Crippen molar-refractivity contribution in [3.05, 3.63) is 33.8 Å². The number of nitrogens with two attached hydrogens (primary N) is 1. The molecule has 0 spiro atoms. The summed E-state index contributed by atoms with van der Waals surface area (Å²) in [5, 5.41) is 19.4. The number of halogens is 2. The van der Waals surface area contributed by atoms with E-state index in [-0.39, 0.29) is 12.4 Å². The van der Waals surface area contributed by atoms with E-state index in [1.807, 2.05) is 13.8 Å². The predicted molar refractivity (Wildman–Crippen MR) is 90.5 cm³/mol. The van der Waals surface area contributed by atoms with Gasteiger partial charge in [0.25, 0.3) is 0 Å².